The number of para-hydroxylation sites is 2. The molecule has 5 heteroatoms. The SMILES string of the molecule is COc1ccccc1CC(=O)NCc1c(C)nn(-c2ccccc2)c1C. The number of nitrogens with zero attached hydrogens (tertiary/aromatic N) is 2. The minimum Gasteiger partial charge on any atom is -0.496 e. The van der Waals surface area contributed by atoms with Crippen LogP contribution in [0, 0.1) is 13.8 Å². The Labute approximate surface area is 153 Å². The second kappa shape index (κ2) is 7.87. The number of carbonyl (C=O) groups excluding carboxylic acids is 1. The zero-order valence-corrected chi connectivity index (χ0v) is 15.3. The smallest absolute Gasteiger partial charge is 0.224 e. The average Bonchev–Trinajstić information content (AvgIpc) is 2.95. The summed E-state index contributed by atoms with van der Waals surface area (Å²) in [5.74, 6) is 0.688. The lowest BCUT2D eigenvalue weighted by Gasteiger charge is -2.09. The molecule has 2 aromatic carbocycles. The Kier molecular flexibility index (Phi) is 5.37. The van der Waals surface area contributed by atoms with Gasteiger partial charge in [-0.2, -0.15) is 5.10 Å². The van der Waals surface area contributed by atoms with E-state index >= 15 is 0 Å². The van der Waals surface area contributed by atoms with Gasteiger partial charge in [0, 0.05) is 23.4 Å². The number of nitrogens with one attached hydrogen (secondary N) is 1. The number of hydrogen-bond donors (Lipinski definition) is 1. The first-order valence-corrected chi connectivity index (χ1v) is 8.59. The number of benzene rings is 2. The fourth-order valence-corrected chi connectivity index (χ4v) is 3.02. The highest BCUT2D eigenvalue weighted by Gasteiger charge is 2.14. The number of rotatable bonds is 6. The van der Waals surface area contributed by atoms with Gasteiger partial charge in [0.25, 0.3) is 0 Å². The maximum Gasteiger partial charge on any atom is 0.224 e. The fourth-order valence-electron chi connectivity index (χ4n) is 3.02. The molecular weight excluding hydrogens is 326 g/mol. The first-order chi connectivity index (χ1) is 12.6. The van der Waals surface area contributed by atoms with E-state index < -0.39 is 0 Å². The minimum absolute atomic E-state index is 0.0410. The third kappa shape index (κ3) is 3.77. The second-order valence-electron chi connectivity index (χ2n) is 6.16. The van der Waals surface area contributed by atoms with Gasteiger partial charge in [0.2, 0.25) is 5.91 Å². The molecule has 5 nitrogen and oxygen atoms in total. The first kappa shape index (κ1) is 17.7. The largest absolute Gasteiger partial charge is 0.496 e. The van der Waals surface area contributed by atoms with Gasteiger partial charge in [0.15, 0.2) is 0 Å². The zero-order valence-electron chi connectivity index (χ0n) is 15.3. The Morgan fingerprint density at radius 3 is 2.50 bits per heavy atom. The summed E-state index contributed by atoms with van der Waals surface area (Å²) >= 11 is 0. The lowest BCUT2D eigenvalue weighted by Crippen LogP contribution is -2.25. The molecule has 0 spiro atoms. The van der Waals surface area contributed by atoms with E-state index in [0.717, 1.165) is 34.0 Å². The van der Waals surface area contributed by atoms with Crippen LogP contribution in [0.15, 0.2) is 54.6 Å². The number of aromatic nitrogens is 2. The van der Waals surface area contributed by atoms with Gasteiger partial charge in [0.1, 0.15) is 5.75 Å². The molecular formula is C21H23N3O2. The molecule has 1 amide bonds. The molecule has 1 heterocycles. The van der Waals surface area contributed by atoms with Crippen LogP contribution in [0.2, 0.25) is 0 Å². The van der Waals surface area contributed by atoms with Gasteiger partial charge < -0.3 is 10.1 Å². The van der Waals surface area contributed by atoms with Gasteiger partial charge in [-0.15, -0.1) is 0 Å². The maximum atomic E-state index is 12.4. The summed E-state index contributed by atoms with van der Waals surface area (Å²) in [6.07, 6.45) is 0.287. The van der Waals surface area contributed by atoms with Crippen LogP contribution in [0.3, 0.4) is 0 Å². The molecule has 26 heavy (non-hydrogen) atoms. The second-order valence-corrected chi connectivity index (χ2v) is 6.16. The molecule has 0 radical (unpaired) electrons. The van der Waals surface area contributed by atoms with E-state index in [2.05, 4.69) is 10.4 Å². The summed E-state index contributed by atoms with van der Waals surface area (Å²) in [5, 5.41) is 7.61. The summed E-state index contributed by atoms with van der Waals surface area (Å²) < 4.78 is 7.22. The lowest BCUT2D eigenvalue weighted by atomic mass is 10.1. The number of amides is 1. The molecule has 0 atom stereocenters. The minimum atomic E-state index is -0.0410. The molecule has 0 aliphatic rings. The van der Waals surface area contributed by atoms with Gasteiger partial charge >= 0.3 is 0 Å². The highest BCUT2D eigenvalue weighted by molar-refractivity contribution is 5.79. The summed E-state index contributed by atoms with van der Waals surface area (Å²) in [6, 6.07) is 17.6. The van der Waals surface area contributed by atoms with E-state index in [-0.39, 0.29) is 12.3 Å². The van der Waals surface area contributed by atoms with Crippen LogP contribution in [0.4, 0.5) is 0 Å². The van der Waals surface area contributed by atoms with Crippen molar-refractivity contribution in [1.29, 1.82) is 0 Å². The molecule has 3 rings (SSSR count). The molecule has 0 saturated carbocycles. The molecule has 1 N–H and O–H groups in total. The maximum absolute atomic E-state index is 12.4. The number of aryl methyl sites for hydroxylation is 1. The van der Waals surface area contributed by atoms with Crippen molar-refractivity contribution >= 4 is 5.91 Å². The van der Waals surface area contributed by atoms with E-state index in [1.165, 1.54) is 0 Å². The highest BCUT2D eigenvalue weighted by Crippen LogP contribution is 2.19. The van der Waals surface area contributed by atoms with Crippen molar-refractivity contribution in [1.82, 2.24) is 15.1 Å². The van der Waals surface area contributed by atoms with Crippen molar-refractivity contribution in [2.75, 3.05) is 7.11 Å². The normalized spacial score (nSPS) is 10.6. The van der Waals surface area contributed by atoms with Gasteiger partial charge in [-0.25, -0.2) is 4.68 Å². The Morgan fingerprint density at radius 1 is 1.08 bits per heavy atom. The lowest BCUT2D eigenvalue weighted by molar-refractivity contribution is -0.120. The highest BCUT2D eigenvalue weighted by atomic mass is 16.5. The van der Waals surface area contributed by atoms with Crippen molar-refractivity contribution in [3.8, 4) is 11.4 Å². The summed E-state index contributed by atoms with van der Waals surface area (Å²) in [7, 11) is 1.61. The van der Waals surface area contributed by atoms with Crippen molar-refractivity contribution in [3.05, 3.63) is 77.1 Å². The number of hydrogen-bond acceptors (Lipinski definition) is 3. The van der Waals surface area contributed by atoms with E-state index in [9.17, 15) is 4.79 Å². The Hall–Kier alpha value is -3.08. The van der Waals surface area contributed by atoms with Crippen molar-refractivity contribution in [3.63, 3.8) is 0 Å². The molecule has 0 saturated heterocycles. The third-order valence-corrected chi connectivity index (χ3v) is 4.45. The summed E-state index contributed by atoms with van der Waals surface area (Å²) in [4.78, 5) is 12.4. The molecule has 0 aliphatic heterocycles. The summed E-state index contributed by atoms with van der Waals surface area (Å²) in [5.41, 5.74) is 4.89. The molecule has 134 valence electrons. The number of carbonyl (C=O) groups is 1. The van der Waals surface area contributed by atoms with Crippen LogP contribution in [-0.4, -0.2) is 22.8 Å². The Bertz CT molecular complexity index is 901. The molecule has 3 aromatic rings. The summed E-state index contributed by atoms with van der Waals surface area (Å²) in [6.45, 7) is 4.45. The van der Waals surface area contributed by atoms with Crippen molar-refractivity contribution < 1.29 is 9.53 Å². The third-order valence-electron chi connectivity index (χ3n) is 4.45. The van der Waals surface area contributed by atoms with Crippen LogP contribution < -0.4 is 10.1 Å². The zero-order chi connectivity index (χ0) is 18.5. The van der Waals surface area contributed by atoms with Crippen LogP contribution in [0.1, 0.15) is 22.5 Å². The molecule has 0 aliphatic carbocycles. The van der Waals surface area contributed by atoms with Crippen LogP contribution in [-0.2, 0) is 17.8 Å². The standard InChI is InChI=1S/C21H23N3O2/c1-15-19(16(2)24(23-15)18-10-5-4-6-11-18)14-22-21(25)13-17-9-7-8-12-20(17)26-3/h4-12H,13-14H2,1-3H3,(H,22,25). The average molecular weight is 349 g/mol. The van der Waals surface area contributed by atoms with Gasteiger partial charge in [-0.3, -0.25) is 4.79 Å². The van der Waals surface area contributed by atoms with E-state index in [4.69, 9.17) is 4.74 Å². The first-order valence-electron chi connectivity index (χ1n) is 8.59. The topological polar surface area (TPSA) is 56.1 Å². The Balaban J connectivity index is 1.70. The van der Waals surface area contributed by atoms with Gasteiger partial charge in [0.05, 0.1) is 24.9 Å². The Morgan fingerprint density at radius 2 is 1.77 bits per heavy atom. The van der Waals surface area contributed by atoms with E-state index in [1.54, 1.807) is 7.11 Å². The van der Waals surface area contributed by atoms with E-state index in [1.807, 2.05) is 73.1 Å². The van der Waals surface area contributed by atoms with Crippen molar-refractivity contribution in [2.24, 2.45) is 0 Å². The van der Waals surface area contributed by atoms with Gasteiger partial charge in [-0.05, 0) is 32.0 Å². The fraction of sp³-hybridized carbons (Fsp3) is 0.238. The van der Waals surface area contributed by atoms with Crippen LogP contribution in [0.5, 0.6) is 5.75 Å². The van der Waals surface area contributed by atoms with E-state index in [0.29, 0.717) is 6.54 Å². The van der Waals surface area contributed by atoms with Gasteiger partial charge in [-0.1, -0.05) is 36.4 Å². The quantitative estimate of drug-likeness (QED) is 0.742. The molecule has 0 fully saturated rings. The molecule has 1 aromatic heterocycles. The van der Waals surface area contributed by atoms with Crippen molar-refractivity contribution in [2.45, 2.75) is 26.8 Å². The number of methoxy groups -OCH3 is 1. The van der Waals surface area contributed by atoms with Crippen LogP contribution >= 0.6 is 0 Å². The monoisotopic (exact) mass is 349 g/mol. The predicted molar refractivity (Wildman–Crippen MR) is 102 cm³/mol. The number of ether oxygens (including phenoxy) is 1. The van der Waals surface area contributed by atoms with Crippen LogP contribution in [0.25, 0.3) is 5.69 Å². The molecule has 0 bridgehead atoms. The predicted octanol–water partition coefficient (Wildman–Crippen LogP) is 3.36. The molecule has 0 unspecified atom stereocenters.